The van der Waals surface area contributed by atoms with Crippen LogP contribution in [0.15, 0.2) is 48.5 Å². The molecule has 0 N–H and O–H groups in total. The maximum absolute atomic E-state index is 11.8. The largest absolute Gasteiger partial charge is 0.493 e. The third kappa shape index (κ3) is 4.76. The first-order valence-electron chi connectivity index (χ1n) is 6.94. The lowest BCUT2D eigenvalue weighted by Gasteiger charge is -2.09. The number of hydrogen-bond acceptors (Lipinski definition) is 4. The van der Waals surface area contributed by atoms with Gasteiger partial charge in [0.25, 0.3) is 0 Å². The van der Waals surface area contributed by atoms with Crippen molar-refractivity contribution in [2.45, 2.75) is 6.61 Å². The normalized spacial score (nSPS) is 10.6. The molecule has 0 unspecified atom stereocenters. The smallest absolute Gasteiger partial charge is 0.331 e. The molecule has 0 heterocycles. The van der Waals surface area contributed by atoms with Gasteiger partial charge in [-0.2, -0.15) is 0 Å². The zero-order valence-corrected chi connectivity index (χ0v) is 13.7. The van der Waals surface area contributed by atoms with Gasteiger partial charge >= 0.3 is 5.97 Å². The summed E-state index contributed by atoms with van der Waals surface area (Å²) in [6, 6.07) is 12.6. The van der Waals surface area contributed by atoms with Gasteiger partial charge in [0.1, 0.15) is 6.61 Å². The Hall–Kier alpha value is -2.46. The molecule has 2 aromatic rings. The topological polar surface area (TPSA) is 44.8 Å². The van der Waals surface area contributed by atoms with Crippen LogP contribution in [-0.4, -0.2) is 20.2 Å². The minimum atomic E-state index is -0.449. The molecule has 0 saturated heterocycles. The van der Waals surface area contributed by atoms with Gasteiger partial charge in [-0.25, -0.2) is 4.79 Å². The highest BCUT2D eigenvalue weighted by Gasteiger charge is 2.07. The van der Waals surface area contributed by atoms with Crippen molar-refractivity contribution in [1.29, 1.82) is 0 Å². The molecule has 0 aliphatic heterocycles. The van der Waals surface area contributed by atoms with Crippen LogP contribution in [0.2, 0.25) is 5.02 Å². The summed E-state index contributed by atoms with van der Waals surface area (Å²) >= 11 is 5.88. The van der Waals surface area contributed by atoms with Crippen molar-refractivity contribution in [3.63, 3.8) is 0 Å². The lowest BCUT2D eigenvalue weighted by molar-refractivity contribution is -0.138. The lowest BCUT2D eigenvalue weighted by Crippen LogP contribution is -2.01. The zero-order valence-electron chi connectivity index (χ0n) is 12.9. The summed E-state index contributed by atoms with van der Waals surface area (Å²) in [5.41, 5.74) is 1.56. The van der Waals surface area contributed by atoms with Gasteiger partial charge in [-0.3, -0.25) is 0 Å². The number of methoxy groups -OCH3 is 2. The maximum atomic E-state index is 11.8. The molecule has 5 heteroatoms. The second kappa shape index (κ2) is 8.25. The lowest BCUT2D eigenvalue weighted by atomic mass is 10.1. The molecule has 0 aliphatic rings. The Bertz CT molecular complexity index is 710. The Morgan fingerprint density at radius 3 is 2.61 bits per heavy atom. The average molecular weight is 333 g/mol. The van der Waals surface area contributed by atoms with Crippen molar-refractivity contribution in [2.75, 3.05) is 14.2 Å². The molecule has 0 aliphatic carbocycles. The monoisotopic (exact) mass is 332 g/mol. The summed E-state index contributed by atoms with van der Waals surface area (Å²) < 4.78 is 15.7. The zero-order chi connectivity index (χ0) is 16.7. The predicted octanol–water partition coefficient (Wildman–Crippen LogP) is 4.11. The molecule has 4 nitrogen and oxygen atoms in total. The number of halogens is 1. The molecule has 23 heavy (non-hydrogen) atoms. The Morgan fingerprint density at radius 1 is 1.13 bits per heavy atom. The molecular weight excluding hydrogens is 316 g/mol. The van der Waals surface area contributed by atoms with Crippen LogP contribution in [0.3, 0.4) is 0 Å². The van der Waals surface area contributed by atoms with Crippen LogP contribution in [0.5, 0.6) is 11.5 Å². The van der Waals surface area contributed by atoms with Gasteiger partial charge in [0.05, 0.1) is 14.2 Å². The van der Waals surface area contributed by atoms with Gasteiger partial charge < -0.3 is 14.2 Å². The van der Waals surface area contributed by atoms with Crippen LogP contribution >= 0.6 is 11.6 Å². The van der Waals surface area contributed by atoms with E-state index in [4.69, 9.17) is 25.8 Å². The fourth-order valence-electron chi connectivity index (χ4n) is 2.03. The van der Waals surface area contributed by atoms with Crippen molar-refractivity contribution in [3.05, 3.63) is 64.7 Å². The molecule has 0 amide bonds. The van der Waals surface area contributed by atoms with Crippen molar-refractivity contribution in [2.24, 2.45) is 0 Å². The van der Waals surface area contributed by atoms with E-state index < -0.39 is 5.97 Å². The third-order valence-corrected chi connectivity index (χ3v) is 3.34. The highest BCUT2D eigenvalue weighted by Crippen LogP contribution is 2.31. The molecule has 0 radical (unpaired) electrons. The van der Waals surface area contributed by atoms with Crippen LogP contribution < -0.4 is 9.47 Å². The number of carbonyl (C=O) groups excluding carboxylic acids is 1. The van der Waals surface area contributed by atoms with Gasteiger partial charge in [-0.05, 0) is 29.8 Å². The molecule has 0 bridgehead atoms. The van der Waals surface area contributed by atoms with E-state index in [2.05, 4.69) is 0 Å². The van der Waals surface area contributed by atoms with Crippen molar-refractivity contribution >= 4 is 23.6 Å². The Kier molecular flexibility index (Phi) is 6.06. The summed E-state index contributed by atoms with van der Waals surface area (Å²) in [7, 11) is 3.11. The van der Waals surface area contributed by atoms with Crippen molar-refractivity contribution < 1.29 is 19.0 Å². The maximum Gasteiger partial charge on any atom is 0.331 e. The van der Waals surface area contributed by atoms with E-state index in [1.54, 1.807) is 38.5 Å². The molecule has 0 saturated carbocycles. The number of hydrogen-bond donors (Lipinski definition) is 0. The fourth-order valence-corrected chi connectivity index (χ4v) is 2.24. The van der Waals surface area contributed by atoms with Crippen molar-refractivity contribution in [1.82, 2.24) is 0 Å². The highest BCUT2D eigenvalue weighted by atomic mass is 35.5. The number of esters is 1. The number of benzene rings is 2. The first-order chi connectivity index (χ1) is 11.1. The number of carbonyl (C=O) groups is 1. The standard InChI is InChI=1S/C18H17ClO4/c1-21-16-8-4-6-14(18(16)22-2)9-10-17(20)23-12-13-5-3-7-15(19)11-13/h3-11H,12H2,1-2H3/b10-9+. The van der Waals surface area contributed by atoms with Gasteiger partial charge in [0, 0.05) is 16.7 Å². The van der Waals surface area contributed by atoms with Gasteiger partial charge in [-0.1, -0.05) is 35.9 Å². The van der Waals surface area contributed by atoms with Crippen LogP contribution in [0, 0.1) is 0 Å². The van der Waals surface area contributed by atoms with E-state index >= 15 is 0 Å². The average Bonchev–Trinajstić information content (AvgIpc) is 2.57. The number of para-hydroxylation sites is 1. The Morgan fingerprint density at radius 2 is 1.91 bits per heavy atom. The van der Waals surface area contributed by atoms with E-state index in [0.29, 0.717) is 16.5 Å². The molecule has 120 valence electrons. The van der Waals surface area contributed by atoms with Crippen LogP contribution in [0.25, 0.3) is 6.08 Å². The van der Waals surface area contributed by atoms with Crippen LogP contribution in [0.4, 0.5) is 0 Å². The highest BCUT2D eigenvalue weighted by molar-refractivity contribution is 6.30. The van der Waals surface area contributed by atoms with E-state index in [0.717, 1.165) is 11.1 Å². The first kappa shape index (κ1) is 16.9. The molecule has 0 aromatic heterocycles. The SMILES string of the molecule is COc1cccc(/C=C/C(=O)OCc2cccc(Cl)c2)c1OC. The van der Waals surface area contributed by atoms with Gasteiger partial charge in [-0.15, -0.1) is 0 Å². The van der Waals surface area contributed by atoms with E-state index in [9.17, 15) is 4.79 Å². The summed E-state index contributed by atoms with van der Waals surface area (Å²) in [4.78, 5) is 11.8. The molecule has 0 fully saturated rings. The summed E-state index contributed by atoms with van der Waals surface area (Å²) in [5.74, 6) is 0.714. The second-order valence-electron chi connectivity index (χ2n) is 4.65. The first-order valence-corrected chi connectivity index (χ1v) is 7.32. The minimum Gasteiger partial charge on any atom is -0.493 e. The van der Waals surface area contributed by atoms with Crippen LogP contribution in [-0.2, 0) is 16.1 Å². The fraction of sp³-hybridized carbons (Fsp3) is 0.167. The Balaban J connectivity index is 2.01. The van der Waals surface area contributed by atoms with Gasteiger partial charge in [0.2, 0.25) is 0 Å². The molecule has 0 spiro atoms. The van der Waals surface area contributed by atoms with Crippen molar-refractivity contribution in [3.8, 4) is 11.5 Å². The number of rotatable bonds is 6. The quantitative estimate of drug-likeness (QED) is 0.590. The van der Waals surface area contributed by atoms with Gasteiger partial charge in [0.15, 0.2) is 11.5 Å². The van der Waals surface area contributed by atoms with E-state index in [1.165, 1.54) is 6.08 Å². The molecule has 0 atom stereocenters. The van der Waals surface area contributed by atoms with E-state index in [-0.39, 0.29) is 6.61 Å². The van der Waals surface area contributed by atoms with Crippen LogP contribution in [0.1, 0.15) is 11.1 Å². The predicted molar refractivity (Wildman–Crippen MR) is 89.8 cm³/mol. The molecular formula is C18H17ClO4. The minimum absolute atomic E-state index is 0.166. The molecule has 2 aromatic carbocycles. The number of ether oxygens (including phenoxy) is 3. The third-order valence-electron chi connectivity index (χ3n) is 3.10. The molecule has 2 rings (SSSR count). The Labute approximate surface area is 140 Å². The summed E-state index contributed by atoms with van der Waals surface area (Å²) in [5, 5.41) is 0.607. The summed E-state index contributed by atoms with van der Waals surface area (Å²) in [6.07, 6.45) is 2.98. The second-order valence-corrected chi connectivity index (χ2v) is 5.09. The summed E-state index contributed by atoms with van der Waals surface area (Å²) in [6.45, 7) is 0.166. The van der Waals surface area contributed by atoms with E-state index in [1.807, 2.05) is 24.3 Å².